The molecule has 1 aromatic rings. The highest BCUT2D eigenvalue weighted by atomic mass is 16.2. The van der Waals surface area contributed by atoms with Crippen LogP contribution in [0.3, 0.4) is 0 Å². The van der Waals surface area contributed by atoms with Crippen molar-refractivity contribution < 1.29 is 9.59 Å². The summed E-state index contributed by atoms with van der Waals surface area (Å²) >= 11 is 0. The van der Waals surface area contributed by atoms with E-state index >= 15 is 0 Å². The van der Waals surface area contributed by atoms with Gasteiger partial charge in [0.1, 0.15) is 0 Å². The molecule has 1 aliphatic carbocycles. The molecule has 4 nitrogen and oxygen atoms in total. The van der Waals surface area contributed by atoms with Gasteiger partial charge in [0.2, 0.25) is 5.91 Å². The van der Waals surface area contributed by atoms with Crippen LogP contribution in [0.5, 0.6) is 0 Å². The number of rotatable bonds is 3. The third-order valence-electron chi connectivity index (χ3n) is 2.57. The Balaban J connectivity index is 2.09. The van der Waals surface area contributed by atoms with Crippen LogP contribution >= 0.6 is 0 Å². The molecule has 1 fully saturated rings. The maximum atomic E-state index is 11.5. The number of hydrogen-bond acceptors (Lipinski definition) is 2. The van der Waals surface area contributed by atoms with E-state index in [0.717, 1.165) is 12.8 Å². The van der Waals surface area contributed by atoms with Crippen LogP contribution in [-0.2, 0) is 4.79 Å². The Morgan fingerprint density at radius 2 is 2.06 bits per heavy atom. The Bertz CT molecular complexity index is 425. The van der Waals surface area contributed by atoms with E-state index in [4.69, 9.17) is 0 Å². The summed E-state index contributed by atoms with van der Waals surface area (Å²) in [6.07, 6.45) is 1.95. The molecule has 0 aromatic heterocycles. The monoisotopic (exact) mass is 218 g/mol. The van der Waals surface area contributed by atoms with E-state index in [0.29, 0.717) is 11.3 Å². The van der Waals surface area contributed by atoms with E-state index in [-0.39, 0.29) is 17.7 Å². The summed E-state index contributed by atoms with van der Waals surface area (Å²) in [5, 5.41) is 5.35. The van der Waals surface area contributed by atoms with Gasteiger partial charge in [0.25, 0.3) is 5.91 Å². The number of anilines is 1. The van der Waals surface area contributed by atoms with Gasteiger partial charge in [-0.3, -0.25) is 9.59 Å². The van der Waals surface area contributed by atoms with Crippen LogP contribution in [0.4, 0.5) is 5.69 Å². The van der Waals surface area contributed by atoms with E-state index < -0.39 is 0 Å². The van der Waals surface area contributed by atoms with E-state index in [1.54, 1.807) is 31.3 Å². The molecule has 0 spiro atoms. The Hall–Kier alpha value is -1.84. The summed E-state index contributed by atoms with van der Waals surface area (Å²) in [5.41, 5.74) is 1.23. The first-order chi connectivity index (χ1) is 7.70. The van der Waals surface area contributed by atoms with Crippen LogP contribution in [0.15, 0.2) is 24.3 Å². The molecular formula is C12H14N2O2. The van der Waals surface area contributed by atoms with Gasteiger partial charge >= 0.3 is 0 Å². The zero-order valence-electron chi connectivity index (χ0n) is 9.12. The van der Waals surface area contributed by atoms with Crippen molar-refractivity contribution in [1.29, 1.82) is 0 Å². The zero-order valence-corrected chi connectivity index (χ0v) is 9.12. The fourth-order valence-electron chi connectivity index (χ4n) is 1.47. The molecule has 1 aromatic carbocycles. The number of benzene rings is 1. The maximum Gasteiger partial charge on any atom is 0.251 e. The fraction of sp³-hybridized carbons (Fsp3) is 0.333. The van der Waals surface area contributed by atoms with Crippen molar-refractivity contribution in [2.75, 3.05) is 12.4 Å². The molecular weight excluding hydrogens is 204 g/mol. The fourth-order valence-corrected chi connectivity index (χ4v) is 1.47. The lowest BCUT2D eigenvalue weighted by molar-refractivity contribution is -0.117. The van der Waals surface area contributed by atoms with E-state index in [2.05, 4.69) is 10.6 Å². The first-order valence-electron chi connectivity index (χ1n) is 5.33. The molecule has 2 rings (SSSR count). The number of hydrogen-bond donors (Lipinski definition) is 2. The third kappa shape index (κ3) is 2.39. The summed E-state index contributed by atoms with van der Waals surface area (Å²) in [7, 11) is 1.58. The molecule has 2 N–H and O–H groups in total. The average molecular weight is 218 g/mol. The van der Waals surface area contributed by atoms with Gasteiger partial charge in [-0.2, -0.15) is 0 Å². The second kappa shape index (κ2) is 4.35. The predicted octanol–water partition coefficient (Wildman–Crippen LogP) is 1.39. The molecule has 0 heterocycles. The van der Waals surface area contributed by atoms with Crippen molar-refractivity contribution in [2.24, 2.45) is 5.92 Å². The molecule has 0 radical (unpaired) electrons. The third-order valence-corrected chi connectivity index (χ3v) is 2.57. The molecule has 16 heavy (non-hydrogen) atoms. The van der Waals surface area contributed by atoms with Crippen LogP contribution in [0.1, 0.15) is 23.2 Å². The molecule has 0 unspecified atom stereocenters. The number of nitrogens with one attached hydrogen (secondary N) is 2. The Morgan fingerprint density at radius 1 is 1.31 bits per heavy atom. The predicted molar refractivity (Wildman–Crippen MR) is 61.2 cm³/mol. The first-order valence-corrected chi connectivity index (χ1v) is 5.33. The number of carbonyl (C=O) groups excluding carboxylic acids is 2. The lowest BCUT2D eigenvalue weighted by Crippen LogP contribution is -2.18. The first kappa shape index (κ1) is 10.7. The molecule has 0 bridgehead atoms. The van der Waals surface area contributed by atoms with Gasteiger partial charge in [-0.1, -0.05) is 6.07 Å². The maximum absolute atomic E-state index is 11.5. The standard InChI is InChI=1S/C12H14N2O2/c1-13-11(15)9-3-2-4-10(7-9)14-12(16)8-5-6-8/h2-4,7-8H,5-6H2,1H3,(H,13,15)(H,14,16). The van der Waals surface area contributed by atoms with Crippen LogP contribution in [0.25, 0.3) is 0 Å². The van der Waals surface area contributed by atoms with Gasteiger partial charge < -0.3 is 10.6 Å². The Morgan fingerprint density at radius 3 is 2.69 bits per heavy atom. The minimum absolute atomic E-state index is 0.0501. The summed E-state index contributed by atoms with van der Waals surface area (Å²) in [6, 6.07) is 6.94. The summed E-state index contributed by atoms with van der Waals surface area (Å²) in [5.74, 6) is 0.0697. The van der Waals surface area contributed by atoms with Gasteiger partial charge in [0, 0.05) is 24.2 Å². The van der Waals surface area contributed by atoms with Gasteiger partial charge in [-0.15, -0.1) is 0 Å². The Kier molecular flexibility index (Phi) is 2.90. The number of carbonyl (C=O) groups is 2. The van der Waals surface area contributed by atoms with Gasteiger partial charge in [0.05, 0.1) is 0 Å². The van der Waals surface area contributed by atoms with E-state index in [1.165, 1.54) is 0 Å². The van der Waals surface area contributed by atoms with Gasteiger partial charge in [-0.05, 0) is 31.0 Å². The minimum atomic E-state index is -0.150. The second-order valence-electron chi connectivity index (χ2n) is 3.92. The van der Waals surface area contributed by atoms with Crippen LogP contribution in [0, 0.1) is 5.92 Å². The molecule has 0 aliphatic heterocycles. The summed E-state index contributed by atoms with van der Waals surface area (Å²) in [4.78, 5) is 22.9. The quantitative estimate of drug-likeness (QED) is 0.805. The zero-order chi connectivity index (χ0) is 11.5. The highest BCUT2D eigenvalue weighted by molar-refractivity contribution is 5.98. The minimum Gasteiger partial charge on any atom is -0.355 e. The summed E-state index contributed by atoms with van der Waals surface area (Å²) in [6.45, 7) is 0. The normalized spacial score (nSPS) is 14.3. The topological polar surface area (TPSA) is 58.2 Å². The van der Waals surface area contributed by atoms with Crippen molar-refractivity contribution in [2.45, 2.75) is 12.8 Å². The van der Waals surface area contributed by atoms with E-state index in [1.807, 2.05) is 0 Å². The van der Waals surface area contributed by atoms with Crippen molar-refractivity contribution in [1.82, 2.24) is 5.32 Å². The molecule has 84 valence electrons. The average Bonchev–Trinajstić information content (AvgIpc) is 3.12. The highest BCUT2D eigenvalue weighted by Gasteiger charge is 2.29. The highest BCUT2D eigenvalue weighted by Crippen LogP contribution is 2.30. The van der Waals surface area contributed by atoms with Crippen molar-refractivity contribution >= 4 is 17.5 Å². The second-order valence-corrected chi connectivity index (χ2v) is 3.92. The van der Waals surface area contributed by atoms with Gasteiger partial charge in [0.15, 0.2) is 0 Å². The molecule has 2 amide bonds. The largest absolute Gasteiger partial charge is 0.355 e. The lowest BCUT2D eigenvalue weighted by atomic mass is 10.2. The molecule has 1 saturated carbocycles. The van der Waals surface area contributed by atoms with E-state index in [9.17, 15) is 9.59 Å². The van der Waals surface area contributed by atoms with Crippen LogP contribution < -0.4 is 10.6 Å². The van der Waals surface area contributed by atoms with Crippen molar-refractivity contribution in [3.63, 3.8) is 0 Å². The molecule has 0 saturated heterocycles. The number of amides is 2. The van der Waals surface area contributed by atoms with Gasteiger partial charge in [-0.25, -0.2) is 0 Å². The van der Waals surface area contributed by atoms with Crippen LogP contribution in [-0.4, -0.2) is 18.9 Å². The molecule has 1 aliphatic rings. The molecule has 4 heteroatoms. The SMILES string of the molecule is CNC(=O)c1cccc(NC(=O)C2CC2)c1. The van der Waals surface area contributed by atoms with Crippen LogP contribution in [0.2, 0.25) is 0 Å². The smallest absolute Gasteiger partial charge is 0.251 e. The molecule has 0 atom stereocenters. The van der Waals surface area contributed by atoms with Crippen molar-refractivity contribution in [3.05, 3.63) is 29.8 Å². The van der Waals surface area contributed by atoms with Crippen molar-refractivity contribution in [3.8, 4) is 0 Å². The summed E-state index contributed by atoms with van der Waals surface area (Å²) < 4.78 is 0. The Labute approximate surface area is 94.0 Å². The lowest BCUT2D eigenvalue weighted by Gasteiger charge is -2.06.